The van der Waals surface area contributed by atoms with Crippen molar-refractivity contribution < 1.29 is 9.53 Å². The molecule has 1 N–H and O–H groups in total. The van der Waals surface area contributed by atoms with Gasteiger partial charge in [0.15, 0.2) is 0 Å². The van der Waals surface area contributed by atoms with E-state index < -0.39 is 0 Å². The summed E-state index contributed by atoms with van der Waals surface area (Å²) >= 11 is 7.63. The maximum absolute atomic E-state index is 11.5. The summed E-state index contributed by atoms with van der Waals surface area (Å²) in [7, 11) is 0. The molecule has 1 aromatic heterocycles. The summed E-state index contributed by atoms with van der Waals surface area (Å²) in [6, 6.07) is 1.96. The summed E-state index contributed by atoms with van der Waals surface area (Å²) < 4.78 is 5.81. The Kier molecular flexibility index (Phi) is 4.07. The van der Waals surface area contributed by atoms with Crippen LogP contribution in [0.15, 0.2) is 6.07 Å². The summed E-state index contributed by atoms with van der Waals surface area (Å²) in [5, 5.41) is 3.31. The zero-order chi connectivity index (χ0) is 12.4. The lowest BCUT2D eigenvalue weighted by molar-refractivity contribution is -0.145. The fraction of sp³-hybridized carbons (Fsp3) is 0.583. The molecular formula is C12H16ClNO2S. The van der Waals surface area contributed by atoms with Crippen molar-refractivity contribution in [1.82, 2.24) is 5.32 Å². The quantitative estimate of drug-likeness (QED) is 0.858. The Morgan fingerprint density at radius 3 is 3.24 bits per heavy atom. The average Bonchev–Trinajstić information content (AvgIpc) is 2.79. The van der Waals surface area contributed by atoms with Crippen molar-refractivity contribution in [1.29, 1.82) is 0 Å². The fourth-order valence-corrected chi connectivity index (χ4v) is 3.50. The number of carbonyl (C=O) groups is 1. The molecule has 17 heavy (non-hydrogen) atoms. The number of halogens is 1. The monoisotopic (exact) mass is 273 g/mol. The van der Waals surface area contributed by atoms with E-state index in [1.807, 2.05) is 19.9 Å². The van der Waals surface area contributed by atoms with Crippen LogP contribution in [0.1, 0.15) is 36.8 Å². The largest absolute Gasteiger partial charge is 0.465 e. The van der Waals surface area contributed by atoms with Gasteiger partial charge in [-0.15, -0.1) is 11.3 Å². The molecule has 2 rings (SSSR count). The summed E-state index contributed by atoms with van der Waals surface area (Å²) in [4.78, 5) is 12.9. The molecule has 0 amide bonds. The van der Waals surface area contributed by atoms with Crippen molar-refractivity contribution in [2.24, 2.45) is 0 Å². The molecule has 2 atom stereocenters. The van der Waals surface area contributed by atoms with Gasteiger partial charge in [-0.1, -0.05) is 11.6 Å². The maximum atomic E-state index is 11.5. The first-order valence-corrected chi connectivity index (χ1v) is 7.02. The van der Waals surface area contributed by atoms with Gasteiger partial charge < -0.3 is 4.74 Å². The van der Waals surface area contributed by atoms with Gasteiger partial charge in [0.1, 0.15) is 6.04 Å². The van der Waals surface area contributed by atoms with Crippen molar-refractivity contribution in [3.63, 3.8) is 0 Å². The Labute approximate surface area is 110 Å². The molecule has 0 saturated heterocycles. The van der Waals surface area contributed by atoms with Crippen LogP contribution in [0, 0.1) is 0 Å². The predicted octanol–water partition coefficient (Wildman–Crippen LogP) is 2.93. The molecule has 0 spiro atoms. The lowest BCUT2D eigenvalue weighted by Crippen LogP contribution is -2.37. The van der Waals surface area contributed by atoms with Gasteiger partial charge in [-0.2, -0.15) is 0 Å². The summed E-state index contributed by atoms with van der Waals surface area (Å²) in [5.74, 6) is -0.192. The van der Waals surface area contributed by atoms with Crippen LogP contribution in [0.2, 0.25) is 4.34 Å². The summed E-state index contributed by atoms with van der Waals surface area (Å²) in [6.07, 6.45) is 2.07. The van der Waals surface area contributed by atoms with Crippen LogP contribution >= 0.6 is 22.9 Å². The number of carbonyl (C=O) groups excluding carboxylic acids is 1. The van der Waals surface area contributed by atoms with Gasteiger partial charge >= 0.3 is 5.97 Å². The standard InChI is InChI=1S/C12H16ClNO2S/c1-3-16-12(15)7(2)14-9-4-5-10-8(9)6-11(13)17-10/h6-7,9,14H,3-5H2,1-2H3. The molecule has 1 aliphatic carbocycles. The fourth-order valence-electron chi connectivity index (χ4n) is 2.14. The number of rotatable bonds is 4. The van der Waals surface area contributed by atoms with Gasteiger partial charge in [-0.05, 0) is 38.3 Å². The average molecular weight is 274 g/mol. The number of aryl methyl sites for hydroxylation is 1. The van der Waals surface area contributed by atoms with Crippen LogP contribution in [0.3, 0.4) is 0 Å². The SMILES string of the molecule is CCOC(=O)C(C)NC1CCc2sc(Cl)cc21. The molecule has 0 saturated carbocycles. The van der Waals surface area contributed by atoms with Crippen molar-refractivity contribution in [2.45, 2.75) is 38.8 Å². The van der Waals surface area contributed by atoms with Gasteiger partial charge in [-0.3, -0.25) is 10.1 Å². The third-order valence-electron chi connectivity index (χ3n) is 2.94. The van der Waals surface area contributed by atoms with E-state index in [0.29, 0.717) is 6.61 Å². The van der Waals surface area contributed by atoms with Crippen LogP contribution in [-0.4, -0.2) is 18.6 Å². The summed E-state index contributed by atoms with van der Waals surface area (Å²) in [5.41, 5.74) is 1.25. The van der Waals surface area contributed by atoms with E-state index in [4.69, 9.17) is 16.3 Å². The number of fused-ring (bicyclic) bond motifs is 1. The van der Waals surface area contributed by atoms with Crippen LogP contribution < -0.4 is 5.32 Å². The molecule has 1 aliphatic rings. The minimum absolute atomic E-state index is 0.192. The molecule has 0 aliphatic heterocycles. The first kappa shape index (κ1) is 12.9. The van der Waals surface area contributed by atoms with E-state index in [0.717, 1.165) is 17.2 Å². The second-order valence-electron chi connectivity index (χ2n) is 4.16. The zero-order valence-corrected chi connectivity index (χ0v) is 11.5. The minimum Gasteiger partial charge on any atom is -0.465 e. The highest BCUT2D eigenvalue weighted by atomic mass is 35.5. The van der Waals surface area contributed by atoms with Crippen molar-refractivity contribution >= 4 is 28.9 Å². The molecule has 3 nitrogen and oxygen atoms in total. The number of esters is 1. The molecule has 0 bridgehead atoms. The molecule has 0 aromatic carbocycles. The summed E-state index contributed by atoms with van der Waals surface area (Å²) in [6.45, 7) is 4.08. The Bertz CT molecular complexity index is 419. The van der Waals surface area contributed by atoms with Crippen LogP contribution in [0.25, 0.3) is 0 Å². The van der Waals surface area contributed by atoms with Gasteiger partial charge in [0.05, 0.1) is 10.9 Å². The Balaban J connectivity index is 1.99. The molecule has 1 aromatic rings. The molecule has 5 heteroatoms. The Morgan fingerprint density at radius 2 is 2.53 bits per heavy atom. The van der Waals surface area contributed by atoms with Crippen molar-refractivity contribution in [3.8, 4) is 0 Å². The third-order valence-corrected chi connectivity index (χ3v) is 4.28. The molecule has 94 valence electrons. The highest BCUT2D eigenvalue weighted by molar-refractivity contribution is 7.16. The van der Waals surface area contributed by atoms with Gasteiger partial charge in [0, 0.05) is 10.9 Å². The Morgan fingerprint density at radius 1 is 1.76 bits per heavy atom. The first-order chi connectivity index (χ1) is 8.11. The number of thiophene rings is 1. The first-order valence-electron chi connectivity index (χ1n) is 5.82. The number of hydrogen-bond donors (Lipinski definition) is 1. The lowest BCUT2D eigenvalue weighted by atomic mass is 10.1. The molecular weight excluding hydrogens is 258 g/mol. The maximum Gasteiger partial charge on any atom is 0.322 e. The number of nitrogens with one attached hydrogen (secondary N) is 1. The Hall–Kier alpha value is -0.580. The van der Waals surface area contributed by atoms with Crippen molar-refractivity contribution in [3.05, 3.63) is 20.8 Å². The highest BCUT2D eigenvalue weighted by Gasteiger charge is 2.27. The predicted molar refractivity (Wildman–Crippen MR) is 69.6 cm³/mol. The van der Waals surface area contributed by atoms with E-state index in [1.165, 1.54) is 10.4 Å². The second-order valence-corrected chi connectivity index (χ2v) is 5.93. The highest BCUT2D eigenvalue weighted by Crippen LogP contribution is 2.39. The topological polar surface area (TPSA) is 38.3 Å². The van der Waals surface area contributed by atoms with E-state index in [1.54, 1.807) is 11.3 Å². The lowest BCUT2D eigenvalue weighted by Gasteiger charge is -2.18. The van der Waals surface area contributed by atoms with E-state index >= 15 is 0 Å². The molecule has 0 radical (unpaired) electrons. The van der Waals surface area contributed by atoms with Gasteiger partial charge in [-0.25, -0.2) is 0 Å². The van der Waals surface area contributed by atoms with Crippen molar-refractivity contribution in [2.75, 3.05) is 6.61 Å². The molecule has 2 unspecified atom stereocenters. The number of ether oxygens (including phenoxy) is 1. The normalized spacial score (nSPS) is 20.1. The van der Waals surface area contributed by atoms with Crippen LogP contribution in [0.5, 0.6) is 0 Å². The minimum atomic E-state index is -0.274. The van der Waals surface area contributed by atoms with Gasteiger partial charge in [0.2, 0.25) is 0 Å². The molecule has 0 fully saturated rings. The number of hydrogen-bond acceptors (Lipinski definition) is 4. The van der Waals surface area contributed by atoms with E-state index in [9.17, 15) is 4.79 Å². The van der Waals surface area contributed by atoms with Gasteiger partial charge in [0.25, 0.3) is 0 Å². The van der Waals surface area contributed by atoms with E-state index in [-0.39, 0.29) is 18.1 Å². The molecule has 1 heterocycles. The zero-order valence-electron chi connectivity index (χ0n) is 9.96. The van der Waals surface area contributed by atoms with Crippen LogP contribution in [0.4, 0.5) is 0 Å². The van der Waals surface area contributed by atoms with E-state index in [2.05, 4.69) is 5.32 Å². The van der Waals surface area contributed by atoms with Crippen LogP contribution in [-0.2, 0) is 16.0 Å². The third kappa shape index (κ3) is 2.81. The smallest absolute Gasteiger partial charge is 0.322 e. The second kappa shape index (κ2) is 5.38.